The van der Waals surface area contributed by atoms with Gasteiger partial charge in [-0.25, -0.2) is 4.79 Å². The molecule has 0 aromatic rings. The number of rotatable bonds is 3. The summed E-state index contributed by atoms with van der Waals surface area (Å²) in [6.45, 7) is 9.46. The zero-order valence-electron chi connectivity index (χ0n) is 13.3. The van der Waals surface area contributed by atoms with Crippen LogP contribution in [0.3, 0.4) is 0 Å². The third-order valence-electron chi connectivity index (χ3n) is 4.54. The molecule has 4 nitrogen and oxygen atoms in total. The van der Waals surface area contributed by atoms with Crippen LogP contribution < -0.4 is 0 Å². The van der Waals surface area contributed by atoms with E-state index in [0.717, 1.165) is 45.2 Å². The Morgan fingerprint density at radius 1 is 1.40 bits per heavy atom. The molecule has 0 aromatic carbocycles. The van der Waals surface area contributed by atoms with E-state index in [9.17, 15) is 9.90 Å². The molecule has 2 unspecified atom stereocenters. The van der Waals surface area contributed by atoms with Crippen molar-refractivity contribution in [2.24, 2.45) is 11.8 Å². The van der Waals surface area contributed by atoms with Crippen LogP contribution in [0.5, 0.6) is 0 Å². The average molecular weight is 283 g/mol. The van der Waals surface area contributed by atoms with E-state index in [0.29, 0.717) is 11.8 Å². The number of ether oxygens (including phenoxy) is 1. The van der Waals surface area contributed by atoms with Gasteiger partial charge >= 0.3 is 6.09 Å². The third kappa shape index (κ3) is 4.37. The number of amides is 1. The molecule has 1 amide bonds. The Morgan fingerprint density at radius 3 is 2.55 bits per heavy atom. The fraction of sp³-hybridized carbons (Fsp3) is 0.938. The fourth-order valence-electron chi connectivity index (χ4n) is 2.96. The van der Waals surface area contributed by atoms with Crippen molar-refractivity contribution < 1.29 is 14.6 Å². The number of carbonyl (C=O) groups is 1. The number of hydrogen-bond acceptors (Lipinski definition) is 3. The second-order valence-corrected chi connectivity index (χ2v) is 7.72. The molecule has 0 aromatic heterocycles. The first-order valence-electron chi connectivity index (χ1n) is 7.89. The van der Waals surface area contributed by atoms with Crippen LogP contribution in [0.4, 0.5) is 4.79 Å². The van der Waals surface area contributed by atoms with Crippen molar-refractivity contribution in [1.29, 1.82) is 0 Å². The van der Waals surface area contributed by atoms with Gasteiger partial charge in [-0.2, -0.15) is 0 Å². The fourth-order valence-corrected chi connectivity index (χ4v) is 2.96. The minimum Gasteiger partial charge on any atom is -0.444 e. The normalized spacial score (nSPS) is 29.1. The summed E-state index contributed by atoms with van der Waals surface area (Å²) in [5.41, 5.74) is -0.769. The molecular formula is C16H29NO3. The first kappa shape index (κ1) is 15.6. The molecule has 1 saturated heterocycles. The minimum absolute atomic E-state index is 0.191. The van der Waals surface area contributed by atoms with Crippen molar-refractivity contribution in [3.05, 3.63) is 0 Å². The Labute approximate surface area is 122 Å². The van der Waals surface area contributed by atoms with E-state index in [2.05, 4.69) is 6.92 Å². The Balaban J connectivity index is 1.77. The Hall–Kier alpha value is -0.770. The zero-order chi connectivity index (χ0) is 15.0. The molecule has 0 spiro atoms. The molecule has 1 saturated carbocycles. The van der Waals surface area contributed by atoms with E-state index in [1.165, 1.54) is 0 Å². The largest absolute Gasteiger partial charge is 0.444 e. The van der Waals surface area contributed by atoms with Crippen molar-refractivity contribution in [3.8, 4) is 0 Å². The molecular weight excluding hydrogens is 254 g/mol. The Kier molecular flexibility index (Phi) is 4.33. The maximum atomic E-state index is 12.1. The summed E-state index contributed by atoms with van der Waals surface area (Å²) in [5.74, 6) is 1.11. The summed E-state index contributed by atoms with van der Waals surface area (Å²) in [6, 6.07) is 0. The van der Waals surface area contributed by atoms with Crippen molar-refractivity contribution in [3.63, 3.8) is 0 Å². The highest BCUT2D eigenvalue weighted by Gasteiger charge is 2.41. The summed E-state index contributed by atoms with van der Waals surface area (Å²) < 4.78 is 5.43. The predicted octanol–water partition coefficient (Wildman–Crippen LogP) is 3.18. The molecule has 2 fully saturated rings. The van der Waals surface area contributed by atoms with E-state index in [-0.39, 0.29) is 11.7 Å². The van der Waals surface area contributed by atoms with Crippen LogP contribution in [-0.2, 0) is 4.74 Å². The molecule has 1 aliphatic carbocycles. The van der Waals surface area contributed by atoms with Gasteiger partial charge in [-0.15, -0.1) is 0 Å². The number of nitrogens with zero attached hydrogens (tertiary/aromatic N) is 1. The molecule has 1 heterocycles. The molecule has 1 N–H and O–H groups in total. The van der Waals surface area contributed by atoms with Crippen LogP contribution in [0.2, 0.25) is 0 Å². The Bertz CT molecular complexity index is 357. The zero-order valence-corrected chi connectivity index (χ0v) is 13.3. The summed E-state index contributed by atoms with van der Waals surface area (Å²) in [6.07, 6.45) is 4.78. The summed E-state index contributed by atoms with van der Waals surface area (Å²) in [5, 5.41) is 9.93. The van der Waals surface area contributed by atoms with Crippen molar-refractivity contribution in [1.82, 2.24) is 4.90 Å². The highest BCUT2D eigenvalue weighted by Crippen LogP contribution is 2.41. The van der Waals surface area contributed by atoms with Gasteiger partial charge in [0.05, 0.1) is 5.60 Å². The monoisotopic (exact) mass is 283 g/mol. The molecule has 2 rings (SSSR count). The van der Waals surface area contributed by atoms with Crippen LogP contribution in [0.15, 0.2) is 0 Å². The van der Waals surface area contributed by atoms with Gasteiger partial charge in [-0.3, -0.25) is 0 Å². The third-order valence-corrected chi connectivity index (χ3v) is 4.54. The van der Waals surface area contributed by atoms with Crippen LogP contribution >= 0.6 is 0 Å². The van der Waals surface area contributed by atoms with Gasteiger partial charge < -0.3 is 14.7 Å². The average Bonchev–Trinajstić information content (AvgIpc) is 3.04. The lowest BCUT2D eigenvalue weighted by atomic mass is 9.83. The molecule has 2 atom stereocenters. The lowest BCUT2D eigenvalue weighted by Gasteiger charge is -2.38. The van der Waals surface area contributed by atoms with E-state index >= 15 is 0 Å². The van der Waals surface area contributed by atoms with Crippen molar-refractivity contribution in [2.75, 3.05) is 13.1 Å². The van der Waals surface area contributed by atoms with E-state index in [4.69, 9.17) is 4.74 Å². The smallest absolute Gasteiger partial charge is 0.410 e. The molecule has 0 radical (unpaired) electrons. The molecule has 20 heavy (non-hydrogen) atoms. The van der Waals surface area contributed by atoms with E-state index < -0.39 is 5.60 Å². The van der Waals surface area contributed by atoms with E-state index in [1.807, 2.05) is 25.7 Å². The predicted molar refractivity (Wildman–Crippen MR) is 78.5 cm³/mol. The lowest BCUT2D eigenvalue weighted by Crippen LogP contribution is -2.45. The minimum atomic E-state index is -0.424. The highest BCUT2D eigenvalue weighted by molar-refractivity contribution is 5.68. The Morgan fingerprint density at radius 2 is 2.05 bits per heavy atom. The standard InChI is InChI=1S/C16H29NO3/c1-12-11-17(14(18)20-15(2,3)4)10-6-13(12)5-7-16(19)8-9-16/h12-13,19H,5-11H2,1-4H3. The van der Waals surface area contributed by atoms with Gasteiger partial charge in [0, 0.05) is 13.1 Å². The van der Waals surface area contributed by atoms with Gasteiger partial charge in [-0.1, -0.05) is 6.92 Å². The number of aliphatic hydroxyl groups is 1. The van der Waals surface area contributed by atoms with Crippen LogP contribution in [0, 0.1) is 11.8 Å². The van der Waals surface area contributed by atoms with Crippen molar-refractivity contribution in [2.45, 2.75) is 71.0 Å². The van der Waals surface area contributed by atoms with E-state index in [1.54, 1.807) is 0 Å². The van der Waals surface area contributed by atoms with Gasteiger partial charge in [0.25, 0.3) is 0 Å². The molecule has 2 aliphatic rings. The van der Waals surface area contributed by atoms with Crippen LogP contribution in [0.1, 0.15) is 59.8 Å². The topological polar surface area (TPSA) is 49.8 Å². The number of likely N-dealkylation sites (tertiary alicyclic amines) is 1. The second-order valence-electron chi connectivity index (χ2n) is 7.72. The summed E-state index contributed by atoms with van der Waals surface area (Å²) >= 11 is 0. The molecule has 1 aliphatic heterocycles. The lowest BCUT2D eigenvalue weighted by molar-refractivity contribution is 0.00956. The van der Waals surface area contributed by atoms with Crippen LogP contribution in [-0.4, -0.2) is 40.4 Å². The second kappa shape index (κ2) is 5.55. The van der Waals surface area contributed by atoms with Gasteiger partial charge in [0.15, 0.2) is 0 Å². The maximum absolute atomic E-state index is 12.1. The van der Waals surface area contributed by atoms with Crippen LogP contribution in [0.25, 0.3) is 0 Å². The first-order valence-corrected chi connectivity index (χ1v) is 7.89. The highest BCUT2D eigenvalue weighted by atomic mass is 16.6. The number of piperidine rings is 1. The number of hydrogen-bond donors (Lipinski definition) is 1. The van der Waals surface area contributed by atoms with Gasteiger partial charge in [-0.05, 0) is 64.7 Å². The summed E-state index contributed by atoms with van der Waals surface area (Å²) in [7, 11) is 0. The van der Waals surface area contributed by atoms with Gasteiger partial charge in [0.2, 0.25) is 0 Å². The molecule has 116 valence electrons. The molecule has 4 heteroatoms. The quantitative estimate of drug-likeness (QED) is 0.865. The summed E-state index contributed by atoms with van der Waals surface area (Å²) in [4.78, 5) is 13.9. The van der Waals surface area contributed by atoms with Crippen molar-refractivity contribution >= 4 is 6.09 Å². The maximum Gasteiger partial charge on any atom is 0.410 e. The molecule has 0 bridgehead atoms. The first-order chi connectivity index (χ1) is 9.19. The number of carbonyl (C=O) groups excluding carboxylic acids is 1. The van der Waals surface area contributed by atoms with Gasteiger partial charge in [0.1, 0.15) is 5.60 Å². The SMILES string of the molecule is CC1CN(C(=O)OC(C)(C)C)CCC1CCC1(O)CC1.